The van der Waals surface area contributed by atoms with Crippen molar-refractivity contribution in [2.45, 2.75) is 13.8 Å². The van der Waals surface area contributed by atoms with Crippen LogP contribution in [0.4, 0.5) is 15.8 Å². The molecule has 0 saturated heterocycles. The van der Waals surface area contributed by atoms with E-state index in [1.54, 1.807) is 6.07 Å². The quantitative estimate of drug-likeness (QED) is 0.864. The lowest BCUT2D eigenvalue weighted by atomic mass is 10.1. The average Bonchev–Trinajstić information content (AvgIpc) is 2.41. The number of rotatable bonds is 4. The highest BCUT2D eigenvalue weighted by atomic mass is 79.9. The van der Waals surface area contributed by atoms with Gasteiger partial charge in [0.15, 0.2) is 0 Å². The summed E-state index contributed by atoms with van der Waals surface area (Å²) in [6.07, 6.45) is 0. The monoisotopic (exact) mass is 350 g/mol. The Morgan fingerprint density at radius 1 is 1.14 bits per heavy atom. The van der Waals surface area contributed by atoms with Crippen molar-refractivity contribution in [3.05, 3.63) is 57.8 Å². The van der Waals surface area contributed by atoms with E-state index in [9.17, 15) is 9.18 Å². The van der Waals surface area contributed by atoms with Gasteiger partial charge >= 0.3 is 0 Å². The van der Waals surface area contributed by atoms with Gasteiger partial charge in [0, 0.05) is 10.2 Å². The largest absolute Gasteiger partial charge is 0.376 e. The molecule has 2 rings (SSSR count). The predicted molar refractivity (Wildman–Crippen MR) is 87.1 cm³/mol. The van der Waals surface area contributed by atoms with Crippen LogP contribution in [0, 0.1) is 19.7 Å². The fourth-order valence-corrected chi connectivity index (χ4v) is 2.31. The number of nitrogens with one attached hydrogen (secondary N) is 2. The molecule has 0 aliphatic rings. The number of hydrogen-bond donors (Lipinski definition) is 2. The third kappa shape index (κ3) is 4.29. The zero-order valence-electron chi connectivity index (χ0n) is 11.8. The molecule has 0 spiro atoms. The Kier molecular flexibility index (Phi) is 4.96. The van der Waals surface area contributed by atoms with E-state index in [1.807, 2.05) is 32.0 Å². The first-order valence-corrected chi connectivity index (χ1v) is 7.31. The fourth-order valence-electron chi connectivity index (χ4n) is 1.97. The van der Waals surface area contributed by atoms with Crippen molar-refractivity contribution < 1.29 is 9.18 Å². The van der Waals surface area contributed by atoms with Crippen molar-refractivity contribution in [1.82, 2.24) is 0 Å². The minimum absolute atomic E-state index is 0.0827. The molecule has 0 fully saturated rings. The lowest BCUT2D eigenvalue weighted by Crippen LogP contribution is -2.22. The highest BCUT2D eigenvalue weighted by Gasteiger charge is 2.08. The maximum absolute atomic E-state index is 13.6. The number of amides is 1. The molecule has 110 valence electrons. The van der Waals surface area contributed by atoms with E-state index < -0.39 is 5.82 Å². The number of anilines is 2. The number of halogens is 2. The van der Waals surface area contributed by atoms with Gasteiger partial charge in [0.2, 0.25) is 5.91 Å². The Balaban J connectivity index is 1.96. The van der Waals surface area contributed by atoms with Crippen molar-refractivity contribution in [3.8, 4) is 0 Å². The Morgan fingerprint density at radius 2 is 1.86 bits per heavy atom. The number of benzene rings is 2. The summed E-state index contributed by atoms with van der Waals surface area (Å²) in [5.41, 5.74) is 3.30. The summed E-state index contributed by atoms with van der Waals surface area (Å²) >= 11 is 3.17. The molecule has 0 radical (unpaired) electrons. The van der Waals surface area contributed by atoms with Gasteiger partial charge in [-0.15, -0.1) is 0 Å². The fraction of sp³-hybridized carbons (Fsp3) is 0.188. The summed E-state index contributed by atoms with van der Waals surface area (Å²) in [7, 11) is 0. The molecule has 0 bridgehead atoms. The smallest absolute Gasteiger partial charge is 0.243 e. The SMILES string of the molecule is Cc1ccc(NCC(=O)Nc2ccc(Br)cc2F)c(C)c1. The summed E-state index contributed by atoms with van der Waals surface area (Å²) in [6, 6.07) is 10.5. The van der Waals surface area contributed by atoms with Gasteiger partial charge in [-0.1, -0.05) is 33.6 Å². The first-order valence-electron chi connectivity index (χ1n) is 6.52. The van der Waals surface area contributed by atoms with Crippen LogP contribution in [0.25, 0.3) is 0 Å². The molecule has 0 aliphatic carbocycles. The van der Waals surface area contributed by atoms with Gasteiger partial charge in [0.05, 0.1) is 12.2 Å². The minimum Gasteiger partial charge on any atom is -0.376 e. The Labute approximate surface area is 131 Å². The van der Waals surface area contributed by atoms with E-state index in [0.717, 1.165) is 11.3 Å². The van der Waals surface area contributed by atoms with Crippen LogP contribution in [-0.4, -0.2) is 12.5 Å². The zero-order chi connectivity index (χ0) is 15.4. The Bertz CT molecular complexity index is 673. The van der Waals surface area contributed by atoms with Gasteiger partial charge in [-0.05, 0) is 43.7 Å². The third-order valence-electron chi connectivity index (χ3n) is 3.03. The summed E-state index contributed by atoms with van der Waals surface area (Å²) in [5, 5.41) is 5.59. The molecule has 0 heterocycles. The summed E-state index contributed by atoms with van der Waals surface area (Å²) in [6.45, 7) is 4.07. The van der Waals surface area contributed by atoms with E-state index in [-0.39, 0.29) is 18.1 Å². The molecule has 0 saturated carbocycles. The van der Waals surface area contributed by atoms with Crippen LogP contribution in [0.3, 0.4) is 0 Å². The molecule has 2 N–H and O–H groups in total. The van der Waals surface area contributed by atoms with Crippen molar-refractivity contribution >= 4 is 33.2 Å². The number of carbonyl (C=O) groups is 1. The summed E-state index contributed by atoms with van der Waals surface area (Å²) in [4.78, 5) is 11.8. The summed E-state index contributed by atoms with van der Waals surface area (Å²) < 4.78 is 14.2. The first-order chi connectivity index (χ1) is 9.95. The molecule has 2 aromatic carbocycles. The Morgan fingerprint density at radius 3 is 2.52 bits per heavy atom. The highest BCUT2D eigenvalue weighted by Crippen LogP contribution is 2.19. The molecule has 5 heteroatoms. The van der Waals surface area contributed by atoms with E-state index in [4.69, 9.17) is 0 Å². The third-order valence-corrected chi connectivity index (χ3v) is 3.52. The van der Waals surface area contributed by atoms with Gasteiger partial charge in [-0.25, -0.2) is 4.39 Å². The molecule has 3 nitrogen and oxygen atoms in total. The number of aryl methyl sites for hydroxylation is 2. The van der Waals surface area contributed by atoms with Crippen LogP contribution in [0.5, 0.6) is 0 Å². The molecule has 0 unspecified atom stereocenters. The molecular formula is C16H16BrFN2O. The van der Waals surface area contributed by atoms with Crippen LogP contribution in [-0.2, 0) is 4.79 Å². The molecule has 1 amide bonds. The first kappa shape index (κ1) is 15.5. The molecular weight excluding hydrogens is 335 g/mol. The Hall–Kier alpha value is -1.88. The molecule has 0 aromatic heterocycles. The van der Waals surface area contributed by atoms with Crippen LogP contribution < -0.4 is 10.6 Å². The van der Waals surface area contributed by atoms with E-state index in [2.05, 4.69) is 26.6 Å². The van der Waals surface area contributed by atoms with E-state index in [0.29, 0.717) is 4.47 Å². The topological polar surface area (TPSA) is 41.1 Å². The standard InChI is InChI=1S/C16H16BrFN2O/c1-10-3-5-14(11(2)7-10)19-9-16(21)20-15-6-4-12(17)8-13(15)18/h3-8,19H,9H2,1-2H3,(H,20,21). The zero-order valence-corrected chi connectivity index (χ0v) is 13.4. The van der Waals surface area contributed by atoms with E-state index >= 15 is 0 Å². The van der Waals surface area contributed by atoms with Crippen molar-refractivity contribution in [2.24, 2.45) is 0 Å². The van der Waals surface area contributed by atoms with Crippen LogP contribution in [0.15, 0.2) is 40.9 Å². The molecule has 0 atom stereocenters. The van der Waals surface area contributed by atoms with Crippen molar-refractivity contribution in [2.75, 3.05) is 17.2 Å². The van der Waals surface area contributed by atoms with Crippen molar-refractivity contribution in [1.29, 1.82) is 0 Å². The number of carbonyl (C=O) groups excluding carboxylic acids is 1. The lowest BCUT2D eigenvalue weighted by molar-refractivity contribution is -0.114. The second kappa shape index (κ2) is 6.72. The van der Waals surface area contributed by atoms with Crippen LogP contribution >= 0.6 is 15.9 Å². The van der Waals surface area contributed by atoms with Gasteiger partial charge in [0.25, 0.3) is 0 Å². The van der Waals surface area contributed by atoms with Crippen LogP contribution in [0.1, 0.15) is 11.1 Å². The maximum atomic E-state index is 13.6. The average molecular weight is 351 g/mol. The summed E-state index contributed by atoms with van der Waals surface area (Å²) in [5.74, 6) is -0.763. The van der Waals surface area contributed by atoms with Gasteiger partial charge in [0.1, 0.15) is 5.82 Å². The van der Waals surface area contributed by atoms with Gasteiger partial charge in [-0.2, -0.15) is 0 Å². The lowest BCUT2D eigenvalue weighted by Gasteiger charge is -2.11. The predicted octanol–water partition coefficient (Wildman–Crippen LogP) is 4.26. The minimum atomic E-state index is -0.468. The van der Waals surface area contributed by atoms with Crippen molar-refractivity contribution in [3.63, 3.8) is 0 Å². The molecule has 0 aliphatic heterocycles. The number of hydrogen-bond acceptors (Lipinski definition) is 2. The normalized spacial score (nSPS) is 10.3. The highest BCUT2D eigenvalue weighted by molar-refractivity contribution is 9.10. The van der Waals surface area contributed by atoms with Crippen LogP contribution in [0.2, 0.25) is 0 Å². The van der Waals surface area contributed by atoms with Gasteiger partial charge < -0.3 is 10.6 Å². The molecule has 2 aromatic rings. The molecule has 21 heavy (non-hydrogen) atoms. The maximum Gasteiger partial charge on any atom is 0.243 e. The second-order valence-corrected chi connectivity index (χ2v) is 5.76. The van der Waals surface area contributed by atoms with E-state index in [1.165, 1.54) is 17.7 Å². The second-order valence-electron chi connectivity index (χ2n) is 4.84. The van der Waals surface area contributed by atoms with Gasteiger partial charge in [-0.3, -0.25) is 4.79 Å².